The first-order valence-corrected chi connectivity index (χ1v) is 8.17. The number of amides is 1. The van der Waals surface area contributed by atoms with Gasteiger partial charge >= 0.3 is 0 Å². The van der Waals surface area contributed by atoms with Crippen LogP contribution in [0.3, 0.4) is 0 Å². The van der Waals surface area contributed by atoms with Crippen LogP contribution in [0.5, 0.6) is 0 Å². The fraction of sp³-hybridized carbons (Fsp3) is 0.923. The molecule has 0 bridgehead atoms. The van der Waals surface area contributed by atoms with Crippen molar-refractivity contribution in [3.05, 3.63) is 0 Å². The van der Waals surface area contributed by atoms with Gasteiger partial charge in [-0.3, -0.25) is 4.79 Å². The van der Waals surface area contributed by atoms with E-state index in [-0.39, 0.29) is 11.9 Å². The number of hydrogen-bond donors (Lipinski definition) is 2. The average Bonchev–Trinajstić information content (AvgIpc) is 3.07. The highest BCUT2D eigenvalue weighted by molar-refractivity contribution is 7.98. The fourth-order valence-electron chi connectivity index (χ4n) is 2.55. The van der Waals surface area contributed by atoms with Crippen LogP contribution in [0.25, 0.3) is 0 Å². The predicted octanol–water partition coefficient (Wildman–Crippen LogP) is 0.843. The number of β-amino-alcohol motifs (C(OH)–C–C–N with tert-alkyl or cyclic N) is 1. The number of hydrogen-bond acceptors (Lipinski definition) is 4. The summed E-state index contributed by atoms with van der Waals surface area (Å²) in [6.45, 7) is 3.05. The summed E-state index contributed by atoms with van der Waals surface area (Å²) in [6, 6.07) is 0.543. The first-order chi connectivity index (χ1) is 8.52. The molecule has 4 nitrogen and oxygen atoms in total. The molecule has 0 radical (unpaired) electrons. The van der Waals surface area contributed by atoms with Crippen LogP contribution < -0.4 is 5.32 Å². The Hall–Kier alpha value is -0.260. The van der Waals surface area contributed by atoms with E-state index >= 15 is 0 Å². The zero-order valence-electron chi connectivity index (χ0n) is 11.3. The quantitative estimate of drug-likeness (QED) is 0.752. The van der Waals surface area contributed by atoms with Gasteiger partial charge in [0.1, 0.15) is 0 Å². The van der Waals surface area contributed by atoms with Crippen LogP contribution in [0.15, 0.2) is 0 Å². The zero-order chi connectivity index (χ0) is 13.2. The molecule has 0 aromatic carbocycles. The second-order valence-corrected chi connectivity index (χ2v) is 6.69. The Labute approximate surface area is 113 Å². The first-order valence-electron chi connectivity index (χ1n) is 6.78. The monoisotopic (exact) mass is 272 g/mol. The third-order valence-corrected chi connectivity index (χ3v) is 4.44. The maximum Gasteiger partial charge on any atom is 0.239 e. The number of thioether (sulfide) groups is 1. The summed E-state index contributed by atoms with van der Waals surface area (Å²) in [7, 11) is 0. The maximum absolute atomic E-state index is 12.3. The molecule has 2 atom stereocenters. The van der Waals surface area contributed by atoms with Gasteiger partial charge in [-0.1, -0.05) is 0 Å². The highest BCUT2D eigenvalue weighted by Crippen LogP contribution is 2.23. The maximum atomic E-state index is 12.3. The van der Waals surface area contributed by atoms with E-state index in [0.717, 1.165) is 19.4 Å². The van der Waals surface area contributed by atoms with Gasteiger partial charge < -0.3 is 15.3 Å². The Bertz CT molecular complexity index is 305. The highest BCUT2D eigenvalue weighted by Gasteiger charge is 2.35. The lowest BCUT2D eigenvalue weighted by atomic mass is 10.0. The number of aliphatic hydroxyl groups is 1. The van der Waals surface area contributed by atoms with Gasteiger partial charge in [-0.25, -0.2) is 0 Å². The van der Waals surface area contributed by atoms with Crippen LogP contribution in [0.4, 0.5) is 0 Å². The SMILES string of the molecule is CSCC(C)(O)CN1CCCC(NC2CC2)C1=O. The normalized spacial score (nSPS) is 28.3. The molecule has 18 heavy (non-hydrogen) atoms. The van der Waals surface area contributed by atoms with Crippen molar-refractivity contribution in [3.8, 4) is 0 Å². The van der Waals surface area contributed by atoms with Crippen molar-refractivity contribution in [2.24, 2.45) is 0 Å². The summed E-state index contributed by atoms with van der Waals surface area (Å²) in [5.74, 6) is 0.840. The Morgan fingerprint density at radius 1 is 1.50 bits per heavy atom. The predicted molar refractivity (Wildman–Crippen MR) is 74.8 cm³/mol. The van der Waals surface area contributed by atoms with Gasteiger partial charge in [0.05, 0.1) is 11.6 Å². The van der Waals surface area contributed by atoms with Crippen molar-refractivity contribution in [2.75, 3.05) is 25.1 Å². The standard InChI is InChI=1S/C13H24N2O2S/c1-13(17,9-18-2)8-15-7-3-4-11(12(15)16)14-10-5-6-10/h10-11,14,17H,3-9H2,1-2H3. The first kappa shape index (κ1) is 14.2. The second-order valence-electron chi connectivity index (χ2n) is 5.83. The molecule has 2 aliphatic rings. The lowest BCUT2D eigenvalue weighted by Gasteiger charge is -2.37. The van der Waals surface area contributed by atoms with E-state index in [1.807, 2.05) is 18.1 Å². The van der Waals surface area contributed by atoms with Gasteiger partial charge in [-0.2, -0.15) is 11.8 Å². The molecule has 0 spiro atoms. The summed E-state index contributed by atoms with van der Waals surface area (Å²) in [5.41, 5.74) is -0.781. The van der Waals surface area contributed by atoms with Crippen LogP contribution >= 0.6 is 11.8 Å². The molecule has 5 heteroatoms. The Kier molecular flexibility index (Phi) is 4.56. The average molecular weight is 272 g/mol. The van der Waals surface area contributed by atoms with E-state index in [1.54, 1.807) is 11.8 Å². The minimum atomic E-state index is -0.781. The molecule has 104 valence electrons. The molecule has 0 aromatic heterocycles. The fourth-order valence-corrected chi connectivity index (χ4v) is 3.27. The van der Waals surface area contributed by atoms with Crippen molar-refractivity contribution < 1.29 is 9.90 Å². The van der Waals surface area contributed by atoms with Crippen molar-refractivity contribution in [3.63, 3.8) is 0 Å². The third-order valence-electron chi connectivity index (χ3n) is 3.53. The Morgan fingerprint density at radius 2 is 2.22 bits per heavy atom. The molecule has 2 rings (SSSR count). The van der Waals surface area contributed by atoms with E-state index in [9.17, 15) is 9.90 Å². The van der Waals surface area contributed by atoms with Crippen LogP contribution in [0.1, 0.15) is 32.6 Å². The summed E-state index contributed by atoms with van der Waals surface area (Å²) >= 11 is 1.62. The molecule has 1 heterocycles. The molecular weight excluding hydrogens is 248 g/mol. The number of nitrogens with one attached hydrogen (secondary N) is 1. The van der Waals surface area contributed by atoms with Crippen LogP contribution in [0.2, 0.25) is 0 Å². The second kappa shape index (κ2) is 5.80. The molecule has 2 N–H and O–H groups in total. The van der Waals surface area contributed by atoms with Crippen molar-refractivity contribution in [1.29, 1.82) is 0 Å². The van der Waals surface area contributed by atoms with E-state index < -0.39 is 5.60 Å². The summed E-state index contributed by atoms with van der Waals surface area (Å²) < 4.78 is 0. The number of likely N-dealkylation sites (tertiary alicyclic amines) is 1. The van der Waals surface area contributed by atoms with E-state index in [4.69, 9.17) is 0 Å². The van der Waals surface area contributed by atoms with Crippen LogP contribution in [-0.4, -0.2) is 58.7 Å². The topological polar surface area (TPSA) is 52.6 Å². The van der Waals surface area contributed by atoms with Gasteiger partial charge in [0.2, 0.25) is 5.91 Å². The van der Waals surface area contributed by atoms with E-state index in [2.05, 4.69) is 5.32 Å². The molecule has 1 amide bonds. The largest absolute Gasteiger partial charge is 0.387 e. The summed E-state index contributed by atoms with van der Waals surface area (Å²) in [5, 5.41) is 13.6. The Morgan fingerprint density at radius 3 is 2.83 bits per heavy atom. The van der Waals surface area contributed by atoms with Gasteiger partial charge in [0, 0.05) is 24.9 Å². The van der Waals surface area contributed by atoms with Gasteiger partial charge in [0.15, 0.2) is 0 Å². The minimum absolute atomic E-state index is 0.0173. The molecule has 0 aromatic rings. The van der Waals surface area contributed by atoms with Crippen LogP contribution in [0, 0.1) is 0 Å². The smallest absolute Gasteiger partial charge is 0.239 e. The number of piperidine rings is 1. The number of rotatable bonds is 6. The Balaban J connectivity index is 1.88. The number of nitrogens with zero attached hydrogens (tertiary/aromatic N) is 1. The van der Waals surface area contributed by atoms with Gasteiger partial charge in [0.25, 0.3) is 0 Å². The highest BCUT2D eigenvalue weighted by atomic mass is 32.2. The summed E-state index contributed by atoms with van der Waals surface area (Å²) in [4.78, 5) is 14.1. The minimum Gasteiger partial charge on any atom is -0.387 e. The van der Waals surface area contributed by atoms with Crippen molar-refractivity contribution in [2.45, 2.75) is 50.3 Å². The zero-order valence-corrected chi connectivity index (χ0v) is 12.1. The van der Waals surface area contributed by atoms with Gasteiger partial charge in [-0.15, -0.1) is 0 Å². The lowest BCUT2D eigenvalue weighted by molar-refractivity contribution is -0.139. The number of carbonyl (C=O) groups is 1. The molecule has 1 saturated heterocycles. The molecule has 2 fully saturated rings. The van der Waals surface area contributed by atoms with E-state index in [1.165, 1.54) is 12.8 Å². The third kappa shape index (κ3) is 3.87. The molecule has 1 aliphatic carbocycles. The molecular formula is C13H24N2O2S. The molecule has 2 unspecified atom stereocenters. The number of carbonyl (C=O) groups excluding carboxylic acids is 1. The molecule has 1 saturated carbocycles. The van der Waals surface area contributed by atoms with Crippen LogP contribution in [-0.2, 0) is 4.79 Å². The van der Waals surface area contributed by atoms with E-state index in [0.29, 0.717) is 18.3 Å². The molecule has 1 aliphatic heterocycles. The lowest BCUT2D eigenvalue weighted by Crippen LogP contribution is -2.55. The van der Waals surface area contributed by atoms with Crippen molar-refractivity contribution in [1.82, 2.24) is 10.2 Å². The summed E-state index contributed by atoms with van der Waals surface area (Å²) in [6.07, 6.45) is 6.36. The van der Waals surface area contributed by atoms with Crippen molar-refractivity contribution >= 4 is 17.7 Å². The van der Waals surface area contributed by atoms with Gasteiger partial charge in [-0.05, 0) is 38.9 Å².